The summed E-state index contributed by atoms with van der Waals surface area (Å²) < 4.78 is 1.76. The highest BCUT2D eigenvalue weighted by Crippen LogP contribution is 2.20. The fraction of sp³-hybridized carbons (Fsp3) is 0.667. The normalized spacial score (nSPS) is 19.4. The number of carboxylic acids is 1. The zero-order chi connectivity index (χ0) is 15.6. The topological polar surface area (TPSA) is 75.4 Å². The van der Waals surface area contributed by atoms with Gasteiger partial charge in [-0.15, -0.1) is 0 Å². The lowest BCUT2D eigenvalue weighted by atomic mass is 10.1. The van der Waals surface area contributed by atoms with E-state index in [4.69, 9.17) is 0 Å². The number of amides is 1. The fourth-order valence-electron chi connectivity index (χ4n) is 2.99. The van der Waals surface area contributed by atoms with Gasteiger partial charge in [0.05, 0.1) is 12.1 Å². The van der Waals surface area contributed by atoms with Gasteiger partial charge in [-0.1, -0.05) is 12.8 Å². The minimum atomic E-state index is -0.898. The molecule has 116 valence electrons. The highest BCUT2D eigenvalue weighted by molar-refractivity contribution is 5.85. The molecule has 1 N–H and O–H groups in total. The third kappa shape index (κ3) is 3.25. The Morgan fingerprint density at radius 1 is 1.29 bits per heavy atom. The fourth-order valence-corrected chi connectivity index (χ4v) is 2.99. The van der Waals surface area contributed by atoms with Crippen molar-refractivity contribution in [1.29, 1.82) is 0 Å². The number of hydrogen-bond donors (Lipinski definition) is 1. The van der Waals surface area contributed by atoms with E-state index in [2.05, 4.69) is 5.10 Å². The molecule has 0 aliphatic carbocycles. The van der Waals surface area contributed by atoms with Gasteiger partial charge in [-0.3, -0.25) is 9.48 Å². The molecule has 1 aliphatic heterocycles. The Kier molecular flexibility index (Phi) is 4.65. The third-order valence-corrected chi connectivity index (χ3v) is 4.35. The Bertz CT molecular complexity index is 551. The van der Waals surface area contributed by atoms with Gasteiger partial charge in [-0.25, -0.2) is 4.79 Å². The van der Waals surface area contributed by atoms with Crippen molar-refractivity contribution in [2.75, 3.05) is 6.54 Å². The first-order chi connectivity index (χ1) is 9.91. The number of aliphatic carboxylic acids is 1. The maximum atomic E-state index is 12.6. The van der Waals surface area contributed by atoms with E-state index in [1.165, 1.54) is 0 Å². The molecule has 1 saturated heterocycles. The van der Waals surface area contributed by atoms with Crippen LogP contribution in [-0.2, 0) is 23.1 Å². The van der Waals surface area contributed by atoms with Gasteiger partial charge in [0.15, 0.2) is 0 Å². The van der Waals surface area contributed by atoms with Crippen molar-refractivity contribution in [1.82, 2.24) is 14.7 Å². The molecule has 1 aliphatic rings. The molecule has 0 aromatic carbocycles. The molecule has 0 bridgehead atoms. The number of nitrogens with zero attached hydrogens (tertiary/aromatic N) is 3. The van der Waals surface area contributed by atoms with E-state index in [1.54, 1.807) is 9.58 Å². The number of likely N-dealkylation sites (tertiary alicyclic amines) is 1. The lowest BCUT2D eigenvalue weighted by Crippen LogP contribution is -2.45. The summed E-state index contributed by atoms with van der Waals surface area (Å²) in [6.45, 7) is 4.35. The Labute approximate surface area is 124 Å². The van der Waals surface area contributed by atoms with Crippen LogP contribution in [0.5, 0.6) is 0 Å². The molecule has 1 aromatic rings. The third-order valence-electron chi connectivity index (χ3n) is 4.35. The van der Waals surface area contributed by atoms with Crippen LogP contribution in [0.25, 0.3) is 0 Å². The number of rotatable bonds is 3. The molecule has 2 rings (SSSR count). The average Bonchev–Trinajstić information content (AvgIpc) is 2.65. The van der Waals surface area contributed by atoms with Gasteiger partial charge in [0.2, 0.25) is 5.91 Å². The highest BCUT2D eigenvalue weighted by atomic mass is 16.4. The molecular weight excluding hydrogens is 270 g/mol. The van der Waals surface area contributed by atoms with Crippen molar-refractivity contribution in [3.05, 3.63) is 17.0 Å². The molecule has 21 heavy (non-hydrogen) atoms. The van der Waals surface area contributed by atoms with Crippen LogP contribution in [0.15, 0.2) is 0 Å². The van der Waals surface area contributed by atoms with Gasteiger partial charge >= 0.3 is 5.97 Å². The van der Waals surface area contributed by atoms with E-state index < -0.39 is 12.0 Å². The van der Waals surface area contributed by atoms with E-state index >= 15 is 0 Å². The Morgan fingerprint density at radius 3 is 2.57 bits per heavy atom. The van der Waals surface area contributed by atoms with Crippen LogP contribution in [-0.4, -0.2) is 44.3 Å². The van der Waals surface area contributed by atoms with Crippen molar-refractivity contribution in [2.24, 2.45) is 7.05 Å². The first kappa shape index (κ1) is 15.5. The molecule has 6 nitrogen and oxygen atoms in total. The molecule has 2 heterocycles. The lowest BCUT2D eigenvalue weighted by molar-refractivity contribution is -0.150. The minimum absolute atomic E-state index is 0.108. The van der Waals surface area contributed by atoms with Crippen molar-refractivity contribution in [3.8, 4) is 0 Å². The summed E-state index contributed by atoms with van der Waals surface area (Å²) in [6, 6.07) is -0.683. The molecule has 0 spiro atoms. The Morgan fingerprint density at radius 2 is 2.00 bits per heavy atom. The van der Waals surface area contributed by atoms with Gasteiger partial charge in [0.1, 0.15) is 6.04 Å². The average molecular weight is 293 g/mol. The van der Waals surface area contributed by atoms with E-state index in [-0.39, 0.29) is 12.3 Å². The highest BCUT2D eigenvalue weighted by Gasteiger charge is 2.31. The molecule has 0 saturated carbocycles. The molecule has 6 heteroatoms. The maximum Gasteiger partial charge on any atom is 0.326 e. The van der Waals surface area contributed by atoms with Crippen molar-refractivity contribution >= 4 is 11.9 Å². The predicted octanol–water partition coefficient (Wildman–Crippen LogP) is 1.44. The van der Waals surface area contributed by atoms with Gasteiger partial charge < -0.3 is 10.0 Å². The predicted molar refractivity (Wildman–Crippen MR) is 78.0 cm³/mol. The van der Waals surface area contributed by atoms with Crippen LogP contribution in [0.3, 0.4) is 0 Å². The molecule has 1 aromatic heterocycles. The van der Waals surface area contributed by atoms with Crippen LogP contribution in [0.4, 0.5) is 0 Å². The molecule has 1 fully saturated rings. The number of aromatic nitrogens is 2. The van der Waals surface area contributed by atoms with Crippen LogP contribution in [0.2, 0.25) is 0 Å². The van der Waals surface area contributed by atoms with Crippen LogP contribution < -0.4 is 0 Å². The Hall–Kier alpha value is -1.85. The number of carbonyl (C=O) groups is 2. The molecule has 1 amide bonds. The summed E-state index contributed by atoms with van der Waals surface area (Å²) >= 11 is 0. The van der Waals surface area contributed by atoms with Crippen molar-refractivity contribution in [3.63, 3.8) is 0 Å². The summed E-state index contributed by atoms with van der Waals surface area (Å²) in [4.78, 5) is 25.5. The number of hydrogen-bond acceptors (Lipinski definition) is 3. The number of carbonyl (C=O) groups excluding carboxylic acids is 1. The summed E-state index contributed by atoms with van der Waals surface area (Å²) in [5.74, 6) is -1.01. The van der Waals surface area contributed by atoms with Gasteiger partial charge in [-0.2, -0.15) is 5.10 Å². The molecular formula is C15H23N3O3. The van der Waals surface area contributed by atoms with Crippen LogP contribution >= 0.6 is 0 Å². The van der Waals surface area contributed by atoms with E-state index in [9.17, 15) is 14.7 Å². The SMILES string of the molecule is Cc1nn(C)c(C)c1CC(=O)N1CCCCCC1C(=O)O. The van der Waals surface area contributed by atoms with Gasteiger partial charge in [0.25, 0.3) is 0 Å². The van der Waals surface area contributed by atoms with Gasteiger partial charge in [-0.05, 0) is 26.7 Å². The second-order valence-electron chi connectivity index (χ2n) is 5.74. The first-order valence-electron chi connectivity index (χ1n) is 7.43. The standard InChI is InChI=1S/C15H23N3O3/c1-10-12(11(2)17(3)16-10)9-14(19)18-8-6-4-5-7-13(18)15(20)21/h13H,4-9H2,1-3H3,(H,20,21). The minimum Gasteiger partial charge on any atom is -0.480 e. The van der Waals surface area contributed by atoms with Crippen molar-refractivity contribution in [2.45, 2.75) is 52.0 Å². The lowest BCUT2D eigenvalue weighted by Gasteiger charge is -2.27. The largest absolute Gasteiger partial charge is 0.480 e. The second kappa shape index (κ2) is 6.28. The Balaban J connectivity index is 2.18. The summed E-state index contributed by atoms with van der Waals surface area (Å²) in [7, 11) is 1.85. The first-order valence-corrected chi connectivity index (χ1v) is 7.43. The van der Waals surface area contributed by atoms with E-state index in [1.807, 2.05) is 20.9 Å². The quantitative estimate of drug-likeness (QED) is 0.915. The summed E-state index contributed by atoms with van der Waals surface area (Å²) in [5, 5.41) is 13.7. The smallest absolute Gasteiger partial charge is 0.326 e. The molecule has 1 atom stereocenters. The number of carboxylic acid groups (broad SMARTS) is 1. The molecule has 0 radical (unpaired) electrons. The molecule has 1 unspecified atom stereocenters. The monoisotopic (exact) mass is 293 g/mol. The zero-order valence-corrected chi connectivity index (χ0v) is 12.9. The second-order valence-corrected chi connectivity index (χ2v) is 5.74. The van der Waals surface area contributed by atoms with E-state index in [0.717, 1.165) is 36.2 Å². The maximum absolute atomic E-state index is 12.6. The number of aryl methyl sites for hydroxylation is 2. The van der Waals surface area contributed by atoms with Crippen LogP contribution in [0, 0.1) is 13.8 Å². The van der Waals surface area contributed by atoms with Crippen LogP contribution in [0.1, 0.15) is 42.6 Å². The van der Waals surface area contributed by atoms with Crippen molar-refractivity contribution < 1.29 is 14.7 Å². The zero-order valence-electron chi connectivity index (χ0n) is 12.9. The summed E-state index contributed by atoms with van der Waals surface area (Å²) in [5.41, 5.74) is 2.71. The van der Waals surface area contributed by atoms with Gasteiger partial charge in [0, 0.05) is 24.8 Å². The van der Waals surface area contributed by atoms with E-state index in [0.29, 0.717) is 13.0 Å². The summed E-state index contributed by atoms with van der Waals surface area (Å²) in [6.07, 6.45) is 3.51.